The Kier molecular flexibility index (Phi) is 7.91. The molecule has 2 heterocycles. The fraction of sp³-hybridized carbons (Fsp3) is 0.579. The molecule has 5 heteroatoms. The second-order valence-corrected chi connectivity index (χ2v) is 7.35. The van der Waals surface area contributed by atoms with E-state index in [1.165, 1.54) is 0 Å². The van der Waals surface area contributed by atoms with Crippen LogP contribution in [-0.2, 0) is 11.3 Å². The molecular weight excluding hydrogens is 322 g/mol. The Labute approximate surface area is 152 Å². The Morgan fingerprint density at radius 1 is 1.33 bits per heavy atom. The molecule has 1 aromatic rings. The zero-order chi connectivity index (χ0) is 16.9. The minimum atomic E-state index is 0. The summed E-state index contributed by atoms with van der Waals surface area (Å²) in [4.78, 5) is 19.3. The van der Waals surface area contributed by atoms with E-state index in [4.69, 9.17) is 0 Å². The van der Waals surface area contributed by atoms with Gasteiger partial charge in [-0.1, -0.05) is 32.4 Å². The monoisotopic (exact) mass is 351 g/mol. The van der Waals surface area contributed by atoms with Crippen LogP contribution in [0.15, 0.2) is 36.0 Å². The number of pyridine rings is 1. The van der Waals surface area contributed by atoms with E-state index >= 15 is 0 Å². The highest BCUT2D eigenvalue weighted by molar-refractivity contribution is 5.88. The molecule has 24 heavy (non-hydrogen) atoms. The Balaban J connectivity index is 0.00000288. The van der Waals surface area contributed by atoms with E-state index in [1.807, 2.05) is 36.1 Å². The van der Waals surface area contributed by atoms with Gasteiger partial charge in [-0.25, -0.2) is 0 Å². The smallest absolute Gasteiger partial charge is 0.247 e. The van der Waals surface area contributed by atoms with Crippen LogP contribution in [0, 0.1) is 5.41 Å². The summed E-state index contributed by atoms with van der Waals surface area (Å²) in [5.74, 6) is 0.106. The van der Waals surface area contributed by atoms with Crippen LogP contribution in [-0.4, -0.2) is 34.9 Å². The molecule has 1 aliphatic heterocycles. The molecule has 0 bridgehead atoms. The SMILES string of the molecule is C/C(=C\C(=O)N(Cc1ccccn1)C1CCNCC1)C(C)(C)C.Cl. The fourth-order valence-corrected chi connectivity index (χ4v) is 2.66. The van der Waals surface area contributed by atoms with E-state index < -0.39 is 0 Å². The quantitative estimate of drug-likeness (QED) is 0.843. The van der Waals surface area contributed by atoms with Crippen molar-refractivity contribution in [3.63, 3.8) is 0 Å². The summed E-state index contributed by atoms with van der Waals surface area (Å²) in [6, 6.07) is 6.16. The van der Waals surface area contributed by atoms with Crippen molar-refractivity contribution in [1.82, 2.24) is 15.2 Å². The van der Waals surface area contributed by atoms with E-state index in [2.05, 4.69) is 31.1 Å². The van der Waals surface area contributed by atoms with E-state index in [0.717, 1.165) is 37.2 Å². The van der Waals surface area contributed by atoms with Crippen LogP contribution in [0.2, 0.25) is 0 Å². The van der Waals surface area contributed by atoms with Gasteiger partial charge < -0.3 is 10.2 Å². The van der Waals surface area contributed by atoms with Gasteiger partial charge in [-0.3, -0.25) is 9.78 Å². The number of nitrogens with zero attached hydrogens (tertiary/aromatic N) is 2. The van der Waals surface area contributed by atoms with Crippen molar-refractivity contribution in [3.05, 3.63) is 41.7 Å². The molecule has 1 aromatic heterocycles. The molecule has 1 aliphatic rings. The van der Waals surface area contributed by atoms with Gasteiger partial charge in [-0.05, 0) is 50.4 Å². The molecule has 0 unspecified atom stereocenters. The Hall–Kier alpha value is -1.39. The summed E-state index contributed by atoms with van der Waals surface area (Å²) in [6.45, 7) is 11.0. The highest BCUT2D eigenvalue weighted by Gasteiger charge is 2.25. The molecule has 4 nitrogen and oxygen atoms in total. The molecule has 1 saturated heterocycles. The van der Waals surface area contributed by atoms with Crippen molar-refractivity contribution in [3.8, 4) is 0 Å². The minimum Gasteiger partial charge on any atom is -0.330 e. The third-order valence-corrected chi connectivity index (χ3v) is 4.61. The summed E-state index contributed by atoms with van der Waals surface area (Å²) >= 11 is 0. The van der Waals surface area contributed by atoms with E-state index in [1.54, 1.807) is 6.20 Å². The molecule has 0 radical (unpaired) electrons. The topological polar surface area (TPSA) is 45.2 Å². The summed E-state index contributed by atoms with van der Waals surface area (Å²) in [6.07, 6.45) is 5.60. The predicted molar refractivity (Wildman–Crippen MR) is 101 cm³/mol. The zero-order valence-electron chi connectivity index (χ0n) is 15.2. The summed E-state index contributed by atoms with van der Waals surface area (Å²) in [5.41, 5.74) is 2.07. The van der Waals surface area contributed by atoms with E-state index in [9.17, 15) is 4.79 Å². The number of nitrogens with one attached hydrogen (secondary N) is 1. The first-order valence-corrected chi connectivity index (χ1v) is 8.48. The Morgan fingerprint density at radius 3 is 2.54 bits per heavy atom. The highest BCUT2D eigenvalue weighted by atomic mass is 35.5. The van der Waals surface area contributed by atoms with Crippen LogP contribution in [0.5, 0.6) is 0 Å². The van der Waals surface area contributed by atoms with Crippen molar-refractivity contribution in [2.24, 2.45) is 5.41 Å². The largest absolute Gasteiger partial charge is 0.330 e. The van der Waals surface area contributed by atoms with Crippen LogP contribution in [0.25, 0.3) is 0 Å². The molecule has 0 aromatic carbocycles. The van der Waals surface area contributed by atoms with Crippen molar-refractivity contribution in [1.29, 1.82) is 0 Å². The second-order valence-electron chi connectivity index (χ2n) is 7.35. The van der Waals surface area contributed by atoms with Gasteiger partial charge in [0.05, 0.1) is 12.2 Å². The number of rotatable bonds is 4. The number of amides is 1. The highest BCUT2D eigenvalue weighted by Crippen LogP contribution is 2.25. The van der Waals surface area contributed by atoms with Gasteiger partial charge in [0.2, 0.25) is 5.91 Å². The maximum atomic E-state index is 12.9. The van der Waals surface area contributed by atoms with Gasteiger partial charge in [-0.15, -0.1) is 12.4 Å². The summed E-state index contributed by atoms with van der Waals surface area (Å²) < 4.78 is 0. The molecule has 0 spiro atoms. The molecule has 134 valence electrons. The lowest BCUT2D eigenvalue weighted by atomic mass is 9.87. The van der Waals surface area contributed by atoms with Gasteiger partial charge in [0.25, 0.3) is 0 Å². The van der Waals surface area contributed by atoms with Crippen LogP contribution in [0.4, 0.5) is 0 Å². The molecule has 1 fully saturated rings. The summed E-state index contributed by atoms with van der Waals surface area (Å²) in [5, 5.41) is 3.37. The Bertz CT molecular complexity index is 545. The van der Waals surface area contributed by atoms with Gasteiger partial charge in [-0.2, -0.15) is 0 Å². The number of hydrogen-bond donors (Lipinski definition) is 1. The minimum absolute atomic E-state index is 0. The maximum Gasteiger partial charge on any atom is 0.247 e. The number of hydrogen-bond acceptors (Lipinski definition) is 3. The average molecular weight is 352 g/mol. The van der Waals surface area contributed by atoms with Gasteiger partial charge in [0, 0.05) is 18.3 Å². The standard InChI is InChI=1S/C19H29N3O.ClH/c1-15(19(2,3)4)13-18(23)22(17-8-11-20-12-9-17)14-16-7-5-6-10-21-16;/h5-7,10,13,17,20H,8-9,11-12,14H2,1-4H3;1H/b15-13+;. The van der Waals surface area contributed by atoms with Crippen LogP contribution in [0.1, 0.15) is 46.2 Å². The zero-order valence-corrected chi connectivity index (χ0v) is 16.0. The molecule has 0 atom stereocenters. The average Bonchev–Trinajstić information content (AvgIpc) is 2.53. The van der Waals surface area contributed by atoms with Crippen molar-refractivity contribution in [2.75, 3.05) is 13.1 Å². The second kappa shape index (κ2) is 9.19. The molecular formula is C19H30ClN3O. The number of halogens is 1. The molecule has 1 amide bonds. The first-order chi connectivity index (χ1) is 10.9. The van der Waals surface area contributed by atoms with Crippen LogP contribution < -0.4 is 5.32 Å². The maximum absolute atomic E-state index is 12.9. The first kappa shape index (κ1) is 20.7. The lowest BCUT2D eigenvalue weighted by molar-refractivity contribution is -0.129. The number of carbonyl (C=O) groups excluding carboxylic acids is 1. The first-order valence-electron chi connectivity index (χ1n) is 8.48. The molecule has 0 aliphatic carbocycles. The normalized spacial score (nSPS) is 16.4. The van der Waals surface area contributed by atoms with Crippen LogP contribution >= 0.6 is 12.4 Å². The lowest BCUT2D eigenvalue weighted by Gasteiger charge is -2.34. The third kappa shape index (κ3) is 5.91. The molecule has 0 saturated carbocycles. The number of aromatic nitrogens is 1. The third-order valence-electron chi connectivity index (χ3n) is 4.61. The predicted octanol–water partition coefficient (Wildman–Crippen LogP) is 3.58. The Morgan fingerprint density at radius 2 is 2.00 bits per heavy atom. The van der Waals surface area contributed by atoms with Crippen LogP contribution in [0.3, 0.4) is 0 Å². The van der Waals surface area contributed by atoms with E-state index in [-0.39, 0.29) is 29.8 Å². The summed E-state index contributed by atoms with van der Waals surface area (Å²) in [7, 11) is 0. The van der Waals surface area contributed by atoms with E-state index in [0.29, 0.717) is 6.54 Å². The van der Waals surface area contributed by atoms with Crippen molar-refractivity contribution >= 4 is 18.3 Å². The lowest BCUT2D eigenvalue weighted by Crippen LogP contribution is -2.45. The number of allylic oxidation sites excluding steroid dienone is 1. The van der Waals surface area contributed by atoms with Gasteiger partial charge in [0.15, 0.2) is 0 Å². The van der Waals surface area contributed by atoms with Crippen molar-refractivity contribution < 1.29 is 4.79 Å². The van der Waals surface area contributed by atoms with Crippen molar-refractivity contribution in [2.45, 2.75) is 53.1 Å². The van der Waals surface area contributed by atoms with Gasteiger partial charge >= 0.3 is 0 Å². The molecule has 1 N–H and O–H groups in total. The van der Waals surface area contributed by atoms with Gasteiger partial charge in [0.1, 0.15) is 0 Å². The fourth-order valence-electron chi connectivity index (χ4n) is 2.66. The number of piperidine rings is 1. The molecule has 2 rings (SSSR count). The number of carbonyl (C=O) groups is 1.